The van der Waals surface area contributed by atoms with E-state index in [1.165, 1.54) is 0 Å². The van der Waals surface area contributed by atoms with Crippen LogP contribution in [0.25, 0.3) is 0 Å². The highest BCUT2D eigenvalue weighted by Gasteiger charge is 2.29. The fourth-order valence-corrected chi connectivity index (χ4v) is 2.13. The molecule has 0 aromatic carbocycles. The summed E-state index contributed by atoms with van der Waals surface area (Å²) in [5, 5.41) is 0. The van der Waals surface area contributed by atoms with E-state index in [9.17, 15) is 4.79 Å². The monoisotopic (exact) mass is 278 g/mol. The fraction of sp³-hybridized carbons (Fsp3) is 0.923. The van der Waals surface area contributed by atoms with E-state index in [0.717, 1.165) is 45.4 Å². The van der Waals surface area contributed by atoms with Gasteiger partial charge >= 0.3 is 0 Å². The van der Waals surface area contributed by atoms with Crippen molar-refractivity contribution in [1.29, 1.82) is 0 Å². The molecule has 1 rings (SSSR count). The van der Waals surface area contributed by atoms with E-state index in [2.05, 4.69) is 6.92 Å². The molecule has 1 unspecified atom stereocenters. The van der Waals surface area contributed by atoms with Crippen LogP contribution in [0, 0.1) is 0 Å². The lowest BCUT2D eigenvalue weighted by molar-refractivity contribution is -0.135. The SMILES string of the molecule is CCCOC1CCCN(C(=O)C(C)(C)N)CC1.Cl. The summed E-state index contributed by atoms with van der Waals surface area (Å²) in [4.78, 5) is 13.9. The first kappa shape index (κ1) is 17.7. The zero-order valence-corrected chi connectivity index (χ0v) is 12.6. The minimum atomic E-state index is -0.760. The topological polar surface area (TPSA) is 55.6 Å². The van der Waals surface area contributed by atoms with Gasteiger partial charge < -0.3 is 15.4 Å². The highest BCUT2D eigenvalue weighted by atomic mass is 35.5. The molecule has 1 saturated heterocycles. The molecule has 2 N–H and O–H groups in total. The summed E-state index contributed by atoms with van der Waals surface area (Å²) in [5.41, 5.74) is 5.09. The van der Waals surface area contributed by atoms with E-state index in [-0.39, 0.29) is 18.3 Å². The Morgan fingerprint density at radius 2 is 2.06 bits per heavy atom. The van der Waals surface area contributed by atoms with E-state index in [0.29, 0.717) is 6.10 Å². The molecule has 5 heteroatoms. The molecule has 0 bridgehead atoms. The number of likely N-dealkylation sites (tertiary alicyclic amines) is 1. The number of nitrogens with zero attached hydrogens (tertiary/aromatic N) is 1. The number of hydrogen-bond acceptors (Lipinski definition) is 3. The van der Waals surface area contributed by atoms with Crippen molar-refractivity contribution in [3.05, 3.63) is 0 Å². The van der Waals surface area contributed by atoms with Crippen molar-refractivity contribution in [3.63, 3.8) is 0 Å². The van der Waals surface area contributed by atoms with Gasteiger partial charge in [0.05, 0.1) is 11.6 Å². The standard InChI is InChI=1S/C13H26N2O2.ClH/c1-4-10-17-11-6-5-8-15(9-7-11)12(16)13(2,3)14;/h11H,4-10,14H2,1-3H3;1H. The molecule has 0 aliphatic carbocycles. The lowest BCUT2D eigenvalue weighted by atomic mass is 10.1. The van der Waals surface area contributed by atoms with Gasteiger partial charge in [0.25, 0.3) is 0 Å². The molecule has 0 radical (unpaired) electrons. The molecule has 108 valence electrons. The number of ether oxygens (including phenoxy) is 1. The number of amides is 1. The molecule has 1 amide bonds. The molecule has 1 aliphatic heterocycles. The molecular weight excluding hydrogens is 252 g/mol. The van der Waals surface area contributed by atoms with Gasteiger partial charge in [-0.15, -0.1) is 12.4 Å². The van der Waals surface area contributed by atoms with Gasteiger partial charge in [-0.25, -0.2) is 0 Å². The summed E-state index contributed by atoms with van der Waals surface area (Å²) in [5.74, 6) is 0.0497. The maximum atomic E-state index is 12.1. The van der Waals surface area contributed by atoms with Crippen LogP contribution in [-0.4, -0.2) is 42.1 Å². The number of carbonyl (C=O) groups is 1. The highest BCUT2D eigenvalue weighted by molar-refractivity contribution is 5.85. The van der Waals surface area contributed by atoms with Crippen LogP contribution >= 0.6 is 12.4 Å². The van der Waals surface area contributed by atoms with Gasteiger partial charge in [0.1, 0.15) is 0 Å². The van der Waals surface area contributed by atoms with Crippen LogP contribution in [0.5, 0.6) is 0 Å². The molecule has 1 fully saturated rings. The number of nitrogens with two attached hydrogens (primary N) is 1. The number of rotatable bonds is 4. The van der Waals surface area contributed by atoms with Crippen molar-refractivity contribution >= 4 is 18.3 Å². The maximum absolute atomic E-state index is 12.1. The van der Waals surface area contributed by atoms with Crippen LogP contribution in [0.1, 0.15) is 46.5 Å². The molecule has 18 heavy (non-hydrogen) atoms. The van der Waals surface area contributed by atoms with Gasteiger partial charge in [0.2, 0.25) is 5.91 Å². The predicted molar refractivity (Wildman–Crippen MR) is 76.0 cm³/mol. The van der Waals surface area contributed by atoms with E-state index in [4.69, 9.17) is 10.5 Å². The van der Waals surface area contributed by atoms with Gasteiger partial charge in [-0.3, -0.25) is 4.79 Å². The zero-order valence-electron chi connectivity index (χ0n) is 11.8. The third-order valence-electron chi connectivity index (χ3n) is 3.07. The van der Waals surface area contributed by atoms with Crippen LogP contribution in [0.4, 0.5) is 0 Å². The number of halogens is 1. The Bertz CT molecular complexity index is 254. The second-order valence-corrected chi connectivity index (χ2v) is 5.44. The van der Waals surface area contributed by atoms with E-state index in [1.54, 1.807) is 13.8 Å². The minimum Gasteiger partial charge on any atom is -0.378 e. The molecule has 4 nitrogen and oxygen atoms in total. The molecular formula is C13H27ClN2O2. The van der Waals surface area contributed by atoms with Gasteiger partial charge in [-0.1, -0.05) is 6.92 Å². The van der Waals surface area contributed by atoms with E-state index < -0.39 is 5.54 Å². The zero-order chi connectivity index (χ0) is 12.9. The van der Waals surface area contributed by atoms with E-state index in [1.807, 2.05) is 4.90 Å². The summed E-state index contributed by atoms with van der Waals surface area (Å²) < 4.78 is 5.76. The summed E-state index contributed by atoms with van der Waals surface area (Å²) in [7, 11) is 0. The van der Waals surface area contributed by atoms with Crippen LogP contribution in [0.3, 0.4) is 0 Å². The van der Waals surface area contributed by atoms with Crippen LogP contribution in [-0.2, 0) is 9.53 Å². The summed E-state index contributed by atoms with van der Waals surface area (Å²) in [6.45, 7) is 8.06. The molecule has 0 spiro atoms. The molecule has 1 atom stereocenters. The van der Waals surface area contributed by atoms with Gasteiger partial charge in [-0.2, -0.15) is 0 Å². The first-order chi connectivity index (χ1) is 7.95. The Kier molecular flexibility index (Phi) is 7.83. The van der Waals surface area contributed by atoms with Gasteiger partial charge in [0, 0.05) is 19.7 Å². The van der Waals surface area contributed by atoms with Crippen molar-refractivity contribution in [3.8, 4) is 0 Å². The summed E-state index contributed by atoms with van der Waals surface area (Å²) >= 11 is 0. The first-order valence-electron chi connectivity index (χ1n) is 6.65. The fourth-order valence-electron chi connectivity index (χ4n) is 2.13. The average molecular weight is 279 g/mol. The predicted octanol–water partition coefficient (Wildman–Crippen LogP) is 1.95. The van der Waals surface area contributed by atoms with Crippen molar-refractivity contribution in [2.45, 2.75) is 58.1 Å². The van der Waals surface area contributed by atoms with Crippen molar-refractivity contribution in [2.75, 3.05) is 19.7 Å². The molecule has 0 saturated carbocycles. The largest absolute Gasteiger partial charge is 0.378 e. The Morgan fingerprint density at radius 1 is 1.39 bits per heavy atom. The second-order valence-electron chi connectivity index (χ2n) is 5.44. The average Bonchev–Trinajstić information content (AvgIpc) is 2.49. The Hall–Kier alpha value is -0.320. The van der Waals surface area contributed by atoms with Crippen LogP contribution in [0.2, 0.25) is 0 Å². The van der Waals surface area contributed by atoms with Crippen LogP contribution in [0.15, 0.2) is 0 Å². The van der Waals surface area contributed by atoms with Gasteiger partial charge in [0.15, 0.2) is 0 Å². The van der Waals surface area contributed by atoms with Crippen molar-refractivity contribution in [2.24, 2.45) is 5.73 Å². The molecule has 0 aromatic heterocycles. The lowest BCUT2D eigenvalue weighted by Gasteiger charge is -2.28. The molecule has 1 aliphatic rings. The minimum absolute atomic E-state index is 0. The van der Waals surface area contributed by atoms with Gasteiger partial charge in [-0.05, 0) is 39.5 Å². The Balaban J connectivity index is 0.00000289. The Labute approximate surface area is 117 Å². The third kappa shape index (κ3) is 5.55. The Morgan fingerprint density at radius 3 is 2.61 bits per heavy atom. The molecule has 1 heterocycles. The first-order valence-corrected chi connectivity index (χ1v) is 6.65. The van der Waals surface area contributed by atoms with Crippen LogP contribution < -0.4 is 5.73 Å². The highest BCUT2D eigenvalue weighted by Crippen LogP contribution is 2.16. The number of hydrogen-bond donors (Lipinski definition) is 1. The summed E-state index contributed by atoms with van der Waals surface area (Å²) in [6.07, 6.45) is 4.36. The maximum Gasteiger partial charge on any atom is 0.242 e. The third-order valence-corrected chi connectivity index (χ3v) is 3.07. The molecule has 0 aromatic rings. The normalized spacial score (nSPS) is 21.1. The smallest absolute Gasteiger partial charge is 0.242 e. The van der Waals surface area contributed by atoms with Crippen molar-refractivity contribution in [1.82, 2.24) is 4.90 Å². The quantitative estimate of drug-likeness (QED) is 0.855. The lowest BCUT2D eigenvalue weighted by Crippen LogP contribution is -2.51. The van der Waals surface area contributed by atoms with Crippen molar-refractivity contribution < 1.29 is 9.53 Å². The number of carbonyl (C=O) groups excluding carboxylic acids is 1. The summed E-state index contributed by atoms with van der Waals surface area (Å²) in [6, 6.07) is 0. The van der Waals surface area contributed by atoms with E-state index >= 15 is 0 Å². The second kappa shape index (κ2) is 7.97.